The summed E-state index contributed by atoms with van der Waals surface area (Å²) in [5, 5.41) is 12.1. The van der Waals surface area contributed by atoms with Gasteiger partial charge in [0.25, 0.3) is 5.91 Å². The van der Waals surface area contributed by atoms with Crippen LogP contribution in [0, 0.1) is 0 Å². The summed E-state index contributed by atoms with van der Waals surface area (Å²) in [6.07, 6.45) is -4.41. The Labute approximate surface area is 146 Å². The van der Waals surface area contributed by atoms with E-state index in [0.717, 1.165) is 12.1 Å². The van der Waals surface area contributed by atoms with E-state index in [1.807, 2.05) is 0 Å². The molecular formula is C17H17F3N2O4. The molecule has 0 saturated carbocycles. The van der Waals surface area contributed by atoms with E-state index in [4.69, 9.17) is 9.84 Å². The maximum absolute atomic E-state index is 12.9. The van der Waals surface area contributed by atoms with E-state index < -0.39 is 29.2 Å². The maximum Gasteiger partial charge on any atom is 0.416 e. The van der Waals surface area contributed by atoms with E-state index in [0.29, 0.717) is 18.5 Å². The van der Waals surface area contributed by atoms with Crippen molar-refractivity contribution >= 4 is 22.8 Å². The highest BCUT2D eigenvalue weighted by Gasteiger charge is 2.39. The molecule has 0 spiro atoms. The van der Waals surface area contributed by atoms with E-state index in [2.05, 4.69) is 5.32 Å². The molecule has 0 bridgehead atoms. The van der Waals surface area contributed by atoms with E-state index in [9.17, 15) is 22.8 Å². The minimum Gasteiger partial charge on any atom is -0.481 e. The quantitative estimate of drug-likeness (QED) is 0.867. The number of carbonyl (C=O) groups excluding carboxylic acids is 1. The summed E-state index contributed by atoms with van der Waals surface area (Å²) < 4.78 is 45.3. The number of benzene rings is 1. The Morgan fingerprint density at radius 1 is 1.35 bits per heavy atom. The van der Waals surface area contributed by atoms with Crippen LogP contribution in [0.5, 0.6) is 0 Å². The molecule has 140 valence electrons. The third-order valence-electron chi connectivity index (χ3n) is 4.57. The molecule has 1 aromatic heterocycles. The molecule has 1 amide bonds. The number of carboxylic acids is 1. The maximum atomic E-state index is 12.9. The van der Waals surface area contributed by atoms with Crippen molar-refractivity contribution in [2.45, 2.75) is 24.6 Å². The van der Waals surface area contributed by atoms with Gasteiger partial charge in [-0.1, -0.05) is 0 Å². The van der Waals surface area contributed by atoms with Gasteiger partial charge in [-0.2, -0.15) is 13.2 Å². The number of fused-ring (bicyclic) bond motifs is 1. The predicted octanol–water partition coefficient (Wildman–Crippen LogP) is 2.56. The van der Waals surface area contributed by atoms with Gasteiger partial charge in [-0.3, -0.25) is 9.59 Å². The first-order valence-corrected chi connectivity index (χ1v) is 7.90. The zero-order chi connectivity index (χ0) is 19.1. The molecule has 6 nitrogen and oxygen atoms in total. The molecule has 3 rings (SSSR count). The van der Waals surface area contributed by atoms with E-state index in [-0.39, 0.29) is 24.1 Å². The van der Waals surface area contributed by atoms with Gasteiger partial charge in [0, 0.05) is 24.6 Å². The van der Waals surface area contributed by atoms with Crippen molar-refractivity contribution in [3.05, 3.63) is 35.5 Å². The van der Waals surface area contributed by atoms with Gasteiger partial charge >= 0.3 is 12.1 Å². The second-order valence-corrected chi connectivity index (χ2v) is 6.47. The molecule has 0 radical (unpaired) electrons. The summed E-state index contributed by atoms with van der Waals surface area (Å²) in [7, 11) is 1.57. The Bertz CT molecular complexity index is 867. The van der Waals surface area contributed by atoms with Gasteiger partial charge in [-0.05, 0) is 30.7 Å². The Morgan fingerprint density at radius 3 is 2.65 bits per heavy atom. The SMILES string of the molecule is Cn1c(C(=O)NC2(CC(=O)O)CCOC2)cc2cc(C(F)(F)F)ccc21. The largest absolute Gasteiger partial charge is 0.481 e. The average Bonchev–Trinajstić information content (AvgIpc) is 3.10. The molecule has 1 aliphatic rings. The average molecular weight is 370 g/mol. The summed E-state index contributed by atoms with van der Waals surface area (Å²) in [5.74, 6) is -1.62. The Hall–Kier alpha value is -2.55. The minimum atomic E-state index is -4.47. The minimum absolute atomic E-state index is 0.0766. The van der Waals surface area contributed by atoms with Crippen LogP contribution >= 0.6 is 0 Å². The van der Waals surface area contributed by atoms with Crippen LogP contribution < -0.4 is 5.32 Å². The van der Waals surface area contributed by atoms with Crippen LogP contribution in [-0.4, -0.2) is 40.3 Å². The number of halogens is 3. The lowest BCUT2D eigenvalue weighted by Gasteiger charge is -2.27. The van der Waals surface area contributed by atoms with Gasteiger partial charge in [0.05, 0.1) is 24.1 Å². The molecule has 9 heteroatoms. The second kappa shape index (κ2) is 6.31. The van der Waals surface area contributed by atoms with Gasteiger partial charge < -0.3 is 19.7 Å². The fourth-order valence-electron chi connectivity index (χ4n) is 3.23. The normalized spacial score (nSPS) is 20.5. The molecule has 1 atom stereocenters. The molecular weight excluding hydrogens is 353 g/mol. The van der Waals surface area contributed by atoms with Gasteiger partial charge in [0.15, 0.2) is 0 Å². The highest BCUT2D eigenvalue weighted by atomic mass is 19.4. The highest BCUT2D eigenvalue weighted by molar-refractivity contribution is 5.99. The Balaban J connectivity index is 1.93. The third-order valence-corrected chi connectivity index (χ3v) is 4.57. The van der Waals surface area contributed by atoms with Crippen LogP contribution in [0.3, 0.4) is 0 Å². The molecule has 1 unspecified atom stereocenters. The predicted molar refractivity (Wildman–Crippen MR) is 85.8 cm³/mol. The molecule has 1 aliphatic heterocycles. The lowest BCUT2D eigenvalue weighted by Crippen LogP contribution is -2.50. The number of rotatable bonds is 4. The van der Waals surface area contributed by atoms with Gasteiger partial charge in [0.2, 0.25) is 0 Å². The van der Waals surface area contributed by atoms with Crippen LogP contribution in [0.1, 0.15) is 28.9 Å². The standard InChI is InChI=1S/C17H17F3N2O4/c1-22-12-3-2-11(17(18,19)20)6-10(12)7-13(22)15(25)21-16(8-14(23)24)4-5-26-9-16/h2-3,6-7H,4-5,8-9H2,1H3,(H,21,25)(H,23,24). The first kappa shape index (κ1) is 18.2. The van der Waals surface area contributed by atoms with Crippen molar-refractivity contribution in [1.82, 2.24) is 9.88 Å². The van der Waals surface area contributed by atoms with E-state index in [1.165, 1.54) is 16.7 Å². The fourth-order valence-corrected chi connectivity index (χ4v) is 3.23. The molecule has 0 aliphatic carbocycles. The summed E-state index contributed by atoms with van der Waals surface area (Å²) >= 11 is 0. The lowest BCUT2D eigenvalue weighted by molar-refractivity contribution is -0.139. The van der Waals surface area contributed by atoms with Crippen LogP contribution in [0.25, 0.3) is 10.9 Å². The van der Waals surface area contributed by atoms with Crippen molar-refractivity contribution in [2.75, 3.05) is 13.2 Å². The Morgan fingerprint density at radius 2 is 2.08 bits per heavy atom. The number of ether oxygens (including phenoxy) is 1. The van der Waals surface area contributed by atoms with Crippen molar-refractivity contribution in [1.29, 1.82) is 0 Å². The van der Waals surface area contributed by atoms with Crippen molar-refractivity contribution < 1.29 is 32.6 Å². The van der Waals surface area contributed by atoms with Crippen molar-refractivity contribution in [3.8, 4) is 0 Å². The molecule has 2 N–H and O–H groups in total. The number of aryl methyl sites for hydroxylation is 1. The van der Waals surface area contributed by atoms with Crippen molar-refractivity contribution in [2.24, 2.45) is 7.05 Å². The molecule has 1 fully saturated rings. The number of amides is 1. The summed E-state index contributed by atoms with van der Waals surface area (Å²) in [6.45, 7) is 0.408. The number of hydrogen-bond acceptors (Lipinski definition) is 3. The first-order chi connectivity index (χ1) is 12.1. The monoisotopic (exact) mass is 370 g/mol. The van der Waals surface area contributed by atoms with Crippen LogP contribution in [0.4, 0.5) is 13.2 Å². The van der Waals surface area contributed by atoms with Crippen LogP contribution in [-0.2, 0) is 22.8 Å². The number of aromatic nitrogens is 1. The summed E-state index contributed by atoms with van der Waals surface area (Å²) in [4.78, 5) is 23.8. The molecule has 2 heterocycles. The second-order valence-electron chi connectivity index (χ2n) is 6.47. The molecule has 1 saturated heterocycles. The zero-order valence-corrected chi connectivity index (χ0v) is 13.9. The van der Waals surface area contributed by atoms with Gasteiger partial charge in [0.1, 0.15) is 5.69 Å². The van der Waals surface area contributed by atoms with Crippen LogP contribution in [0.2, 0.25) is 0 Å². The van der Waals surface area contributed by atoms with Gasteiger partial charge in [-0.15, -0.1) is 0 Å². The number of nitrogens with one attached hydrogen (secondary N) is 1. The summed E-state index contributed by atoms with van der Waals surface area (Å²) in [6, 6.07) is 4.61. The number of nitrogens with zero attached hydrogens (tertiary/aromatic N) is 1. The number of carboxylic acid groups (broad SMARTS) is 1. The zero-order valence-electron chi connectivity index (χ0n) is 13.9. The lowest BCUT2D eigenvalue weighted by atomic mass is 9.94. The molecule has 2 aromatic rings. The third kappa shape index (κ3) is 3.39. The highest BCUT2D eigenvalue weighted by Crippen LogP contribution is 2.32. The Kier molecular flexibility index (Phi) is 4.43. The van der Waals surface area contributed by atoms with Crippen LogP contribution in [0.15, 0.2) is 24.3 Å². The molecule has 1 aromatic carbocycles. The number of hydrogen-bond donors (Lipinski definition) is 2. The van der Waals surface area contributed by atoms with Gasteiger partial charge in [-0.25, -0.2) is 0 Å². The summed E-state index contributed by atoms with van der Waals surface area (Å²) in [5.41, 5.74) is -1.19. The number of aliphatic carboxylic acids is 1. The topological polar surface area (TPSA) is 80.6 Å². The van der Waals surface area contributed by atoms with E-state index >= 15 is 0 Å². The number of alkyl halides is 3. The number of carbonyl (C=O) groups is 2. The first-order valence-electron chi connectivity index (χ1n) is 7.90. The van der Waals surface area contributed by atoms with Crippen molar-refractivity contribution in [3.63, 3.8) is 0 Å². The fraction of sp³-hybridized carbons (Fsp3) is 0.412. The molecule has 26 heavy (non-hydrogen) atoms. The van der Waals surface area contributed by atoms with E-state index in [1.54, 1.807) is 7.05 Å². The smallest absolute Gasteiger partial charge is 0.416 e.